The number of ether oxygens (including phenoxy) is 1. The maximum absolute atomic E-state index is 6.29. The number of aromatic nitrogens is 1. The predicted molar refractivity (Wildman–Crippen MR) is 94.6 cm³/mol. The molecule has 0 saturated heterocycles. The third-order valence-electron chi connectivity index (χ3n) is 4.57. The smallest absolute Gasteiger partial charge is 0.216 e. The first-order valence-corrected chi connectivity index (χ1v) is 9.11. The molecular formula is C19H27Cl3N2O. The van der Waals surface area contributed by atoms with Gasteiger partial charge in [-0.15, -0.1) is 0 Å². The van der Waals surface area contributed by atoms with E-state index in [0.717, 1.165) is 54.1 Å². The monoisotopic (exact) mass is 404 g/mol. The molecule has 0 amide bonds. The molecule has 0 fully saturated rings. The van der Waals surface area contributed by atoms with E-state index >= 15 is 0 Å². The van der Waals surface area contributed by atoms with Crippen LogP contribution in [0, 0.1) is 0 Å². The number of hydrogen-bond donors (Lipinski definition) is 1. The molecule has 0 bridgehead atoms. The summed E-state index contributed by atoms with van der Waals surface area (Å²) < 4.78 is 6.29. The molecule has 2 aromatic rings. The Morgan fingerprint density at radius 1 is 1.12 bits per heavy atom. The molecule has 1 heterocycles. The fourth-order valence-electron chi connectivity index (χ4n) is 3.38. The van der Waals surface area contributed by atoms with Crippen LogP contribution >= 0.6 is 11.6 Å². The van der Waals surface area contributed by atoms with Gasteiger partial charge in [0.05, 0.1) is 38.2 Å². The average Bonchev–Trinajstić information content (AvgIpc) is 2.75. The van der Waals surface area contributed by atoms with Crippen molar-refractivity contribution in [3.05, 3.63) is 34.5 Å². The van der Waals surface area contributed by atoms with E-state index in [1.165, 1.54) is 35.4 Å². The fourth-order valence-corrected chi connectivity index (χ4v) is 3.55. The van der Waals surface area contributed by atoms with Crippen LogP contribution < -0.4 is 39.4 Å². The number of aromatic amines is 1. The number of aryl methyl sites for hydroxylation is 1. The second-order valence-corrected chi connectivity index (χ2v) is 7.26. The van der Waals surface area contributed by atoms with Crippen molar-refractivity contribution in [2.45, 2.75) is 38.5 Å². The van der Waals surface area contributed by atoms with Crippen LogP contribution in [0.5, 0.6) is 5.75 Å². The van der Waals surface area contributed by atoms with E-state index in [9.17, 15) is 0 Å². The largest absolute Gasteiger partial charge is 1.00 e. The number of pyridine rings is 1. The molecule has 140 valence electrons. The number of H-pyrrole nitrogens is 1. The number of halogens is 3. The molecule has 3 rings (SSSR count). The highest BCUT2D eigenvalue weighted by Gasteiger charge is 2.23. The van der Waals surface area contributed by atoms with Gasteiger partial charge in [-0.2, -0.15) is 0 Å². The second kappa shape index (κ2) is 10.4. The van der Waals surface area contributed by atoms with Crippen molar-refractivity contribution in [3.63, 3.8) is 0 Å². The summed E-state index contributed by atoms with van der Waals surface area (Å²) in [4.78, 5) is 5.07. The van der Waals surface area contributed by atoms with E-state index in [1.54, 1.807) is 0 Å². The highest BCUT2D eigenvalue weighted by atomic mass is 35.5. The summed E-state index contributed by atoms with van der Waals surface area (Å²) in [5.41, 5.74) is 3.81. The Hall–Kier alpha value is -0.740. The van der Waals surface area contributed by atoms with Gasteiger partial charge >= 0.3 is 0 Å². The molecule has 3 nitrogen and oxygen atoms in total. The maximum atomic E-state index is 6.29. The van der Waals surface area contributed by atoms with Crippen LogP contribution in [0.25, 0.3) is 10.9 Å². The van der Waals surface area contributed by atoms with Gasteiger partial charge in [-0.25, -0.2) is 4.98 Å². The first-order valence-electron chi connectivity index (χ1n) is 8.73. The summed E-state index contributed by atoms with van der Waals surface area (Å²) in [7, 11) is 4.36. The molecule has 6 heteroatoms. The quantitative estimate of drug-likeness (QED) is 0.406. The Labute approximate surface area is 167 Å². The fraction of sp³-hybridized carbons (Fsp3) is 0.526. The lowest BCUT2D eigenvalue weighted by Gasteiger charge is -2.14. The SMILES string of the molecule is C[NH+](C)CCCOc1c2c([nH+]c3cc(Cl)ccc13)CCCCC2.[Cl-].[Cl-]. The van der Waals surface area contributed by atoms with E-state index in [-0.39, 0.29) is 24.8 Å². The van der Waals surface area contributed by atoms with E-state index < -0.39 is 0 Å². The van der Waals surface area contributed by atoms with Crippen molar-refractivity contribution >= 4 is 22.5 Å². The minimum atomic E-state index is 0. The standard InChI is InChI=1S/C19H25ClN2O.2ClH/c1-22(2)11-6-12-23-19-15-7-4-3-5-8-17(15)21-18-13-14(20)9-10-16(18)19;;/h9-10,13H,3-8,11-12H2,1-2H3;2*1H. The molecule has 1 aromatic heterocycles. The molecule has 0 saturated carbocycles. The molecule has 0 unspecified atom stereocenters. The molecule has 0 spiro atoms. The summed E-state index contributed by atoms with van der Waals surface area (Å²) in [6, 6.07) is 6.06. The van der Waals surface area contributed by atoms with E-state index in [0.29, 0.717) is 0 Å². The molecule has 25 heavy (non-hydrogen) atoms. The molecule has 1 aliphatic rings. The van der Waals surface area contributed by atoms with Crippen LogP contribution in [0.4, 0.5) is 0 Å². The minimum Gasteiger partial charge on any atom is -1.00 e. The average molecular weight is 406 g/mol. The summed E-state index contributed by atoms with van der Waals surface area (Å²) >= 11 is 6.18. The van der Waals surface area contributed by atoms with E-state index in [2.05, 4.69) is 25.1 Å². The van der Waals surface area contributed by atoms with Gasteiger partial charge in [0.25, 0.3) is 0 Å². The van der Waals surface area contributed by atoms with Crippen molar-refractivity contribution in [1.29, 1.82) is 0 Å². The highest BCUT2D eigenvalue weighted by molar-refractivity contribution is 6.31. The van der Waals surface area contributed by atoms with Gasteiger partial charge < -0.3 is 34.5 Å². The number of benzene rings is 1. The van der Waals surface area contributed by atoms with Crippen molar-refractivity contribution in [2.75, 3.05) is 27.2 Å². The van der Waals surface area contributed by atoms with Crippen molar-refractivity contribution in [2.24, 2.45) is 0 Å². The van der Waals surface area contributed by atoms with Gasteiger partial charge in [-0.05, 0) is 31.4 Å². The molecule has 1 aliphatic carbocycles. The lowest BCUT2D eigenvalue weighted by Crippen LogP contribution is -3.05. The van der Waals surface area contributed by atoms with Crippen LogP contribution in [0.1, 0.15) is 36.9 Å². The Morgan fingerprint density at radius 3 is 2.64 bits per heavy atom. The lowest BCUT2D eigenvalue weighted by atomic mass is 10.0. The molecule has 1 aromatic carbocycles. The molecule has 0 aliphatic heterocycles. The van der Waals surface area contributed by atoms with Crippen molar-refractivity contribution in [1.82, 2.24) is 0 Å². The number of hydrogen-bond acceptors (Lipinski definition) is 1. The molecule has 0 atom stereocenters. The minimum absolute atomic E-state index is 0. The number of rotatable bonds is 5. The van der Waals surface area contributed by atoms with Gasteiger partial charge in [0, 0.05) is 23.9 Å². The summed E-state index contributed by atoms with van der Waals surface area (Å²) in [5, 5.41) is 1.93. The zero-order valence-corrected chi connectivity index (χ0v) is 17.2. The van der Waals surface area contributed by atoms with Crippen LogP contribution in [-0.2, 0) is 12.8 Å². The van der Waals surface area contributed by atoms with Gasteiger partial charge in [0.2, 0.25) is 5.52 Å². The van der Waals surface area contributed by atoms with Crippen molar-refractivity contribution < 1.29 is 39.4 Å². The zero-order chi connectivity index (χ0) is 16.2. The third kappa shape index (κ3) is 5.62. The first kappa shape index (κ1) is 22.3. The van der Waals surface area contributed by atoms with Gasteiger partial charge in [0.1, 0.15) is 5.75 Å². The molecule has 2 N–H and O–H groups in total. The Bertz CT molecular complexity index is 692. The summed E-state index contributed by atoms with van der Waals surface area (Å²) in [6.07, 6.45) is 7.08. The molecular weight excluding hydrogens is 379 g/mol. The second-order valence-electron chi connectivity index (χ2n) is 6.82. The maximum Gasteiger partial charge on any atom is 0.216 e. The topological polar surface area (TPSA) is 27.8 Å². The number of quaternary nitrogens is 1. The number of nitrogens with one attached hydrogen (secondary N) is 2. The molecule has 0 radical (unpaired) electrons. The summed E-state index contributed by atoms with van der Waals surface area (Å²) in [5.74, 6) is 1.08. The van der Waals surface area contributed by atoms with Gasteiger partial charge in [-0.3, -0.25) is 0 Å². The van der Waals surface area contributed by atoms with Crippen LogP contribution in [-0.4, -0.2) is 27.2 Å². The highest BCUT2D eigenvalue weighted by Crippen LogP contribution is 2.33. The van der Waals surface area contributed by atoms with E-state index in [4.69, 9.17) is 16.3 Å². The van der Waals surface area contributed by atoms with Crippen molar-refractivity contribution in [3.8, 4) is 5.75 Å². The van der Waals surface area contributed by atoms with Crippen LogP contribution in [0.2, 0.25) is 5.02 Å². The van der Waals surface area contributed by atoms with Crippen LogP contribution in [0.15, 0.2) is 18.2 Å². The first-order chi connectivity index (χ1) is 11.1. The normalized spacial score (nSPS) is 13.6. The van der Waals surface area contributed by atoms with E-state index in [1.807, 2.05) is 12.1 Å². The summed E-state index contributed by atoms with van der Waals surface area (Å²) in [6.45, 7) is 1.91. The Morgan fingerprint density at radius 2 is 1.88 bits per heavy atom. The predicted octanol–water partition coefficient (Wildman–Crippen LogP) is -3.50. The Balaban J connectivity index is 0.00000156. The van der Waals surface area contributed by atoms with Crippen LogP contribution in [0.3, 0.4) is 0 Å². The third-order valence-corrected chi connectivity index (χ3v) is 4.81. The zero-order valence-electron chi connectivity index (χ0n) is 14.9. The van der Waals surface area contributed by atoms with Gasteiger partial charge in [0.15, 0.2) is 5.69 Å². The number of fused-ring (bicyclic) bond motifs is 2. The lowest BCUT2D eigenvalue weighted by molar-refractivity contribution is -0.858. The Kier molecular flexibility index (Phi) is 9.29. The van der Waals surface area contributed by atoms with Gasteiger partial charge in [-0.1, -0.05) is 18.0 Å².